The Balaban J connectivity index is 2.02. The number of hydrogen-bond acceptors (Lipinski definition) is 3. The van der Waals surface area contributed by atoms with Crippen molar-refractivity contribution in [3.8, 4) is 0 Å². The molecule has 1 atom stereocenters. The fourth-order valence-corrected chi connectivity index (χ4v) is 2.85. The molecule has 1 N–H and O–H groups in total. The fourth-order valence-electron chi connectivity index (χ4n) is 2.85. The zero-order valence-electron chi connectivity index (χ0n) is 16.0. The van der Waals surface area contributed by atoms with Crippen LogP contribution in [0.1, 0.15) is 30.5 Å². The third-order valence-electron chi connectivity index (χ3n) is 4.21. The van der Waals surface area contributed by atoms with E-state index in [1.165, 1.54) is 23.3 Å². The minimum Gasteiger partial charge on any atom is -0.389 e. The molecular weight excluding hydrogens is 329 g/mol. The van der Waals surface area contributed by atoms with E-state index in [-0.39, 0.29) is 5.82 Å². The van der Waals surface area contributed by atoms with Gasteiger partial charge >= 0.3 is 0 Å². The SMILES string of the molecule is Cc1ccccc1CN(Cc1ccc(F)cc1)CC(O)COCC(C)C. The van der Waals surface area contributed by atoms with E-state index < -0.39 is 6.10 Å². The van der Waals surface area contributed by atoms with E-state index in [4.69, 9.17) is 4.74 Å². The lowest BCUT2D eigenvalue weighted by Gasteiger charge is -2.26. The first-order chi connectivity index (χ1) is 12.4. The number of halogens is 1. The molecule has 2 rings (SSSR count). The van der Waals surface area contributed by atoms with E-state index in [1.54, 1.807) is 12.1 Å². The second kappa shape index (κ2) is 10.4. The number of aliphatic hydroxyl groups is 1. The molecule has 142 valence electrons. The molecule has 0 aromatic heterocycles. The van der Waals surface area contributed by atoms with E-state index in [9.17, 15) is 9.50 Å². The summed E-state index contributed by atoms with van der Waals surface area (Å²) in [7, 11) is 0. The molecule has 2 aromatic rings. The van der Waals surface area contributed by atoms with E-state index in [0.29, 0.717) is 32.2 Å². The van der Waals surface area contributed by atoms with Crippen LogP contribution in [0, 0.1) is 18.7 Å². The number of aryl methyl sites for hydroxylation is 1. The van der Waals surface area contributed by atoms with Crippen molar-refractivity contribution in [3.05, 3.63) is 71.0 Å². The highest BCUT2D eigenvalue weighted by Crippen LogP contribution is 2.14. The van der Waals surface area contributed by atoms with Gasteiger partial charge in [-0.05, 0) is 41.7 Å². The van der Waals surface area contributed by atoms with Crippen LogP contribution in [0.5, 0.6) is 0 Å². The van der Waals surface area contributed by atoms with Crippen molar-refractivity contribution in [1.82, 2.24) is 4.90 Å². The van der Waals surface area contributed by atoms with Gasteiger partial charge in [-0.1, -0.05) is 50.2 Å². The zero-order valence-corrected chi connectivity index (χ0v) is 16.0. The number of nitrogens with zero attached hydrogens (tertiary/aromatic N) is 1. The quantitative estimate of drug-likeness (QED) is 0.691. The van der Waals surface area contributed by atoms with Crippen LogP contribution in [0.15, 0.2) is 48.5 Å². The minimum atomic E-state index is -0.557. The molecule has 4 heteroatoms. The Labute approximate surface area is 156 Å². The van der Waals surface area contributed by atoms with Crippen LogP contribution in [-0.4, -0.2) is 35.9 Å². The molecule has 0 radical (unpaired) electrons. The molecule has 0 spiro atoms. The number of benzene rings is 2. The molecule has 26 heavy (non-hydrogen) atoms. The van der Waals surface area contributed by atoms with Gasteiger partial charge < -0.3 is 9.84 Å². The van der Waals surface area contributed by atoms with Crippen LogP contribution in [-0.2, 0) is 17.8 Å². The summed E-state index contributed by atoms with van der Waals surface area (Å²) >= 11 is 0. The molecule has 1 unspecified atom stereocenters. The number of aliphatic hydroxyl groups excluding tert-OH is 1. The van der Waals surface area contributed by atoms with Gasteiger partial charge in [-0.3, -0.25) is 4.90 Å². The Morgan fingerprint density at radius 2 is 1.69 bits per heavy atom. The summed E-state index contributed by atoms with van der Waals surface area (Å²) in [6.07, 6.45) is -0.557. The second-order valence-electron chi connectivity index (χ2n) is 7.31. The highest BCUT2D eigenvalue weighted by molar-refractivity contribution is 5.25. The molecule has 0 heterocycles. The Kier molecular flexibility index (Phi) is 8.23. The van der Waals surface area contributed by atoms with Gasteiger partial charge in [-0.2, -0.15) is 0 Å². The second-order valence-corrected chi connectivity index (χ2v) is 7.31. The molecule has 3 nitrogen and oxygen atoms in total. The maximum atomic E-state index is 13.2. The van der Waals surface area contributed by atoms with E-state index in [0.717, 1.165) is 12.1 Å². The van der Waals surface area contributed by atoms with Crippen molar-refractivity contribution in [3.63, 3.8) is 0 Å². The molecule has 0 aliphatic carbocycles. The van der Waals surface area contributed by atoms with Crippen LogP contribution in [0.4, 0.5) is 4.39 Å². The minimum absolute atomic E-state index is 0.235. The smallest absolute Gasteiger partial charge is 0.123 e. The van der Waals surface area contributed by atoms with Crippen molar-refractivity contribution in [2.45, 2.75) is 40.0 Å². The summed E-state index contributed by atoms with van der Waals surface area (Å²) in [5.74, 6) is 0.214. The summed E-state index contributed by atoms with van der Waals surface area (Å²) in [6, 6.07) is 14.8. The highest BCUT2D eigenvalue weighted by atomic mass is 19.1. The average Bonchev–Trinajstić information content (AvgIpc) is 2.58. The van der Waals surface area contributed by atoms with Gasteiger partial charge in [0, 0.05) is 26.2 Å². The molecular formula is C22H30FNO2. The maximum Gasteiger partial charge on any atom is 0.123 e. The first-order valence-electron chi connectivity index (χ1n) is 9.21. The van der Waals surface area contributed by atoms with Crippen LogP contribution in [0.2, 0.25) is 0 Å². The van der Waals surface area contributed by atoms with E-state index >= 15 is 0 Å². The van der Waals surface area contributed by atoms with Crippen molar-refractivity contribution in [2.75, 3.05) is 19.8 Å². The lowest BCUT2D eigenvalue weighted by molar-refractivity contribution is 0.00551. The topological polar surface area (TPSA) is 32.7 Å². The predicted molar refractivity (Wildman–Crippen MR) is 103 cm³/mol. The largest absolute Gasteiger partial charge is 0.389 e. The van der Waals surface area contributed by atoms with Crippen LogP contribution in [0.25, 0.3) is 0 Å². The highest BCUT2D eigenvalue weighted by Gasteiger charge is 2.14. The molecule has 0 amide bonds. The summed E-state index contributed by atoms with van der Waals surface area (Å²) in [5, 5.41) is 10.4. The predicted octanol–water partition coefficient (Wildman–Crippen LogP) is 4.17. The van der Waals surface area contributed by atoms with Crippen LogP contribution >= 0.6 is 0 Å². The molecule has 0 saturated heterocycles. The fraction of sp³-hybridized carbons (Fsp3) is 0.455. The third kappa shape index (κ3) is 7.24. The Morgan fingerprint density at radius 3 is 2.35 bits per heavy atom. The molecule has 0 bridgehead atoms. The van der Waals surface area contributed by atoms with E-state index in [2.05, 4.69) is 37.8 Å². The maximum absolute atomic E-state index is 13.2. The van der Waals surface area contributed by atoms with Crippen molar-refractivity contribution < 1.29 is 14.2 Å². The molecule has 0 fully saturated rings. The van der Waals surface area contributed by atoms with Gasteiger partial charge in [-0.15, -0.1) is 0 Å². The van der Waals surface area contributed by atoms with Crippen molar-refractivity contribution in [1.29, 1.82) is 0 Å². The van der Waals surface area contributed by atoms with Crippen LogP contribution in [0.3, 0.4) is 0 Å². The normalized spacial score (nSPS) is 12.7. The number of rotatable bonds is 10. The average molecular weight is 359 g/mol. The van der Waals surface area contributed by atoms with Gasteiger partial charge in [0.2, 0.25) is 0 Å². The van der Waals surface area contributed by atoms with Crippen LogP contribution < -0.4 is 0 Å². The van der Waals surface area contributed by atoms with E-state index in [1.807, 2.05) is 12.1 Å². The Hall–Kier alpha value is -1.75. The molecule has 0 saturated carbocycles. The Morgan fingerprint density at radius 1 is 1.00 bits per heavy atom. The molecule has 2 aromatic carbocycles. The van der Waals surface area contributed by atoms with Gasteiger partial charge in [0.1, 0.15) is 5.82 Å². The van der Waals surface area contributed by atoms with Crippen molar-refractivity contribution in [2.24, 2.45) is 5.92 Å². The molecule has 0 aliphatic rings. The molecule has 0 aliphatic heterocycles. The van der Waals surface area contributed by atoms with Gasteiger partial charge in [0.25, 0.3) is 0 Å². The zero-order chi connectivity index (χ0) is 18.9. The number of ether oxygens (including phenoxy) is 1. The lowest BCUT2D eigenvalue weighted by Crippen LogP contribution is -2.34. The lowest BCUT2D eigenvalue weighted by atomic mass is 10.1. The third-order valence-corrected chi connectivity index (χ3v) is 4.21. The summed E-state index contributed by atoms with van der Waals surface area (Å²) in [6.45, 7) is 9.12. The summed E-state index contributed by atoms with van der Waals surface area (Å²) in [4.78, 5) is 2.18. The van der Waals surface area contributed by atoms with Crippen molar-refractivity contribution >= 4 is 0 Å². The summed E-state index contributed by atoms with van der Waals surface area (Å²) in [5.41, 5.74) is 3.47. The Bertz CT molecular complexity index is 657. The first kappa shape index (κ1) is 20.6. The van der Waals surface area contributed by atoms with Gasteiger partial charge in [0.15, 0.2) is 0 Å². The monoisotopic (exact) mass is 359 g/mol. The standard InChI is InChI=1S/C22H30FNO2/c1-17(2)15-26-16-22(25)14-24(12-19-8-10-21(23)11-9-19)13-20-7-5-4-6-18(20)3/h4-11,17,22,25H,12-16H2,1-3H3. The van der Waals surface area contributed by atoms with Gasteiger partial charge in [0.05, 0.1) is 12.7 Å². The van der Waals surface area contributed by atoms with Gasteiger partial charge in [-0.25, -0.2) is 4.39 Å². The summed E-state index contributed by atoms with van der Waals surface area (Å²) < 4.78 is 18.7. The number of hydrogen-bond donors (Lipinski definition) is 1. The first-order valence-corrected chi connectivity index (χ1v) is 9.21.